The molecule has 0 aliphatic carbocycles. The summed E-state index contributed by atoms with van der Waals surface area (Å²) in [5.41, 5.74) is 3.62. The van der Waals surface area contributed by atoms with Crippen molar-refractivity contribution in [3.63, 3.8) is 0 Å². The number of hydrazone groups is 1. The Balaban J connectivity index is 1.61. The third-order valence-electron chi connectivity index (χ3n) is 4.39. The molecular formula is C25H23N3O4. The van der Waals surface area contributed by atoms with Crippen molar-refractivity contribution in [2.75, 3.05) is 18.5 Å². The summed E-state index contributed by atoms with van der Waals surface area (Å²) in [6, 6.07) is 18.3. The predicted octanol–water partition coefficient (Wildman–Crippen LogP) is 3.73. The molecule has 7 nitrogen and oxygen atoms in total. The molecule has 0 aromatic heterocycles. The van der Waals surface area contributed by atoms with Crippen molar-refractivity contribution in [1.29, 1.82) is 0 Å². The van der Waals surface area contributed by atoms with Gasteiger partial charge in [0, 0.05) is 11.3 Å². The molecule has 0 saturated heterocycles. The first-order valence-electron chi connectivity index (χ1n) is 10.0. The number of ether oxygens (including phenoxy) is 2. The van der Waals surface area contributed by atoms with E-state index in [4.69, 9.17) is 15.9 Å². The molecule has 3 aromatic carbocycles. The van der Waals surface area contributed by atoms with E-state index in [1.807, 2.05) is 37.3 Å². The Hall–Kier alpha value is -4.31. The molecule has 0 saturated carbocycles. The number of carbonyl (C=O) groups excluding carboxylic acids is 2. The van der Waals surface area contributed by atoms with Gasteiger partial charge in [-0.05, 0) is 48.0 Å². The average Bonchev–Trinajstić information content (AvgIpc) is 2.79. The van der Waals surface area contributed by atoms with Gasteiger partial charge in [0.15, 0.2) is 0 Å². The fraction of sp³-hybridized carbons (Fsp3) is 0.160. The van der Waals surface area contributed by atoms with Gasteiger partial charge in [-0.15, -0.1) is 6.42 Å². The highest BCUT2D eigenvalue weighted by atomic mass is 16.5. The zero-order valence-electron chi connectivity index (χ0n) is 17.6. The number of hydrogen-bond acceptors (Lipinski definition) is 5. The van der Waals surface area contributed by atoms with Crippen LogP contribution < -0.4 is 20.2 Å². The molecule has 7 heteroatoms. The lowest BCUT2D eigenvalue weighted by molar-refractivity contribution is -0.126. The van der Waals surface area contributed by atoms with Gasteiger partial charge in [0.05, 0.1) is 12.8 Å². The molecule has 0 fully saturated rings. The highest BCUT2D eigenvalue weighted by molar-refractivity contribution is 6.05. The lowest BCUT2D eigenvalue weighted by Crippen LogP contribution is -2.24. The van der Waals surface area contributed by atoms with Crippen LogP contribution in [0.1, 0.15) is 18.9 Å². The molecule has 3 rings (SSSR count). The first-order chi connectivity index (χ1) is 15.6. The maximum Gasteiger partial charge on any atom is 0.249 e. The zero-order chi connectivity index (χ0) is 22.8. The largest absolute Gasteiger partial charge is 0.494 e. The Morgan fingerprint density at radius 2 is 1.81 bits per heavy atom. The number of fused-ring (bicyclic) bond motifs is 1. The molecule has 2 N–H and O–H groups in total. The molecule has 0 unspecified atom stereocenters. The van der Waals surface area contributed by atoms with E-state index in [9.17, 15) is 9.59 Å². The number of anilines is 1. The Morgan fingerprint density at radius 3 is 2.56 bits per heavy atom. The van der Waals surface area contributed by atoms with Gasteiger partial charge < -0.3 is 14.8 Å². The molecule has 0 atom stereocenters. The molecule has 32 heavy (non-hydrogen) atoms. The fourth-order valence-corrected chi connectivity index (χ4v) is 3.01. The molecule has 3 aromatic rings. The van der Waals surface area contributed by atoms with Crippen molar-refractivity contribution >= 4 is 34.5 Å². The van der Waals surface area contributed by atoms with Crippen molar-refractivity contribution < 1.29 is 19.1 Å². The monoisotopic (exact) mass is 429 g/mol. The summed E-state index contributed by atoms with van der Waals surface area (Å²) in [5.74, 6) is 2.68. The van der Waals surface area contributed by atoms with Gasteiger partial charge in [-0.25, -0.2) is 5.43 Å². The van der Waals surface area contributed by atoms with E-state index in [0.29, 0.717) is 29.4 Å². The number of terminal acetylenes is 1. The summed E-state index contributed by atoms with van der Waals surface area (Å²) in [4.78, 5) is 24.3. The van der Waals surface area contributed by atoms with Crippen LogP contribution in [-0.4, -0.2) is 31.2 Å². The number of nitrogens with one attached hydrogen (secondary N) is 2. The predicted molar refractivity (Wildman–Crippen MR) is 125 cm³/mol. The maximum atomic E-state index is 12.1. The van der Waals surface area contributed by atoms with Crippen LogP contribution in [0.25, 0.3) is 10.8 Å². The number of hydrogen-bond donors (Lipinski definition) is 2. The Labute approximate surface area is 186 Å². The van der Waals surface area contributed by atoms with E-state index in [-0.39, 0.29) is 13.0 Å². The second-order valence-electron chi connectivity index (χ2n) is 6.67. The second-order valence-corrected chi connectivity index (χ2v) is 6.67. The Kier molecular flexibility index (Phi) is 7.82. The molecule has 0 aliphatic rings. The number of nitrogens with zero attached hydrogens (tertiary/aromatic N) is 1. The summed E-state index contributed by atoms with van der Waals surface area (Å²) in [5, 5.41) is 8.55. The molecular weight excluding hydrogens is 406 g/mol. The van der Waals surface area contributed by atoms with Crippen molar-refractivity contribution in [3.8, 4) is 23.8 Å². The molecule has 0 spiro atoms. The lowest BCUT2D eigenvalue weighted by Gasteiger charge is -2.10. The molecule has 0 radical (unpaired) electrons. The second kappa shape index (κ2) is 11.2. The highest BCUT2D eigenvalue weighted by Gasteiger charge is 2.10. The molecule has 0 bridgehead atoms. The smallest absolute Gasteiger partial charge is 0.249 e. The zero-order valence-corrected chi connectivity index (χ0v) is 17.6. The quantitative estimate of drug-likeness (QED) is 0.235. The topological polar surface area (TPSA) is 89.0 Å². The van der Waals surface area contributed by atoms with E-state index in [2.05, 4.69) is 21.8 Å². The van der Waals surface area contributed by atoms with Crippen molar-refractivity contribution in [2.45, 2.75) is 13.3 Å². The molecule has 0 heterocycles. The van der Waals surface area contributed by atoms with Gasteiger partial charge in [0.25, 0.3) is 0 Å². The van der Waals surface area contributed by atoms with Gasteiger partial charge >= 0.3 is 0 Å². The first-order valence-corrected chi connectivity index (χ1v) is 10.0. The van der Waals surface area contributed by atoms with Crippen LogP contribution in [0, 0.1) is 12.3 Å². The number of amides is 2. The third-order valence-corrected chi connectivity index (χ3v) is 4.39. The minimum Gasteiger partial charge on any atom is -0.494 e. The normalized spacial score (nSPS) is 10.5. The van der Waals surface area contributed by atoms with Gasteiger partial charge in [-0.2, -0.15) is 5.10 Å². The number of benzene rings is 3. The third kappa shape index (κ3) is 6.09. The van der Waals surface area contributed by atoms with Crippen molar-refractivity contribution in [1.82, 2.24) is 5.43 Å². The SMILES string of the molecule is C#CCOc1ccc2ccccc2c1C=NNC(=O)CC(=O)Nc1ccc(OCC)cc1. The molecule has 0 aliphatic heterocycles. The van der Waals surface area contributed by atoms with Crippen LogP contribution in [0.5, 0.6) is 11.5 Å². The van der Waals surface area contributed by atoms with Crippen LogP contribution in [0.15, 0.2) is 65.8 Å². The highest BCUT2D eigenvalue weighted by Crippen LogP contribution is 2.26. The van der Waals surface area contributed by atoms with Crippen LogP contribution in [0.4, 0.5) is 5.69 Å². The van der Waals surface area contributed by atoms with E-state index < -0.39 is 11.8 Å². The summed E-state index contributed by atoms with van der Waals surface area (Å²) in [6.45, 7) is 2.56. The van der Waals surface area contributed by atoms with Crippen LogP contribution in [0.2, 0.25) is 0 Å². The Bertz CT molecular complexity index is 1160. The van der Waals surface area contributed by atoms with Crippen LogP contribution in [0.3, 0.4) is 0 Å². The standard InChI is InChI=1S/C25H23N3O4/c1-3-15-32-23-14-9-18-7-5-6-8-21(18)22(23)17-26-28-25(30)16-24(29)27-19-10-12-20(13-11-19)31-4-2/h1,5-14,17H,4,15-16H2,2H3,(H,27,29)(H,28,30). The van der Waals surface area contributed by atoms with Crippen LogP contribution >= 0.6 is 0 Å². The van der Waals surface area contributed by atoms with Gasteiger partial charge in [0.2, 0.25) is 11.8 Å². The minimum atomic E-state index is -0.545. The van der Waals surface area contributed by atoms with E-state index in [0.717, 1.165) is 10.8 Å². The van der Waals surface area contributed by atoms with E-state index in [1.165, 1.54) is 6.21 Å². The first kappa shape index (κ1) is 22.4. The summed E-state index contributed by atoms with van der Waals surface area (Å²) in [6.07, 6.45) is 6.40. The van der Waals surface area contributed by atoms with Gasteiger partial charge in [-0.3, -0.25) is 9.59 Å². The van der Waals surface area contributed by atoms with Crippen LogP contribution in [-0.2, 0) is 9.59 Å². The van der Waals surface area contributed by atoms with Gasteiger partial charge in [0.1, 0.15) is 24.5 Å². The van der Waals surface area contributed by atoms with E-state index in [1.54, 1.807) is 30.3 Å². The van der Waals surface area contributed by atoms with Gasteiger partial charge in [-0.1, -0.05) is 36.3 Å². The van der Waals surface area contributed by atoms with E-state index >= 15 is 0 Å². The minimum absolute atomic E-state index is 0.108. The summed E-state index contributed by atoms with van der Waals surface area (Å²) < 4.78 is 11.0. The summed E-state index contributed by atoms with van der Waals surface area (Å²) in [7, 11) is 0. The fourth-order valence-electron chi connectivity index (χ4n) is 3.01. The molecule has 2 amide bonds. The summed E-state index contributed by atoms with van der Waals surface area (Å²) >= 11 is 0. The number of carbonyl (C=O) groups is 2. The average molecular weight is 429 g/mol. The molecule has 162 valence electrons. The number of rotatable bonds is 9. The maximum absolute atomic E-state index is 12.1. The van der Waals surface area contributed by atoms with Crippen molar-refractivity contribution in [3.05, 3.63) is 66.2 Å². The Morgan fingerprint density at radius 1 is 1.03 bits per heavy atom. The van der Waals surface area contributed by atoms with Crippen molar-refractivity contribution in [2.24, 2.45) is 5.10 Å². The lowest BCUT2D eigenvalue weighted by atomic mass is 10.0.